The molecule has 2 N–H and O–H groups in total. The number of ether oxygens (including phenoxy) is 1. The molecule has 3 rings (SSSR count). The molecule has 3 aromatic rings. The van der Waals surface area contributed by atoms with E-state index in [1.807, 2.05) is 49.4 Å². The number of esters is 1. The van der Waals surface area contributed by atoms with Crippen LogP contribution in [0.3, 0.4) is 0 Å². The highest BCUT2D eigenvalue weighted by Gasteiger charge is 2.08. The molecule has 0 unspecified atom stereocenters. The molecule has 0 atom stereocenters. The summed E-state index contributed by atoms with van der Waals surface area (Å²) < 4.78 is 10.6. The Morgan fingerprint density at radius 1 is 1.07 bits per heavy atom. The lowest BCUT2D eigenvalue weighted by Gasteiger charge is -2.10. The summed E-state index contributed by atoms with van der Waals surface area (Å²) in [7, 11) is 0. The first-order valence-corrected chi connectivity index (χ1v) is 9.97. The van der Waals surface area contributed by atoms with Crippen LogP contribution in [0, 0.1) is 0 Å². The van der Waals surface area contributed by atoms with Gasteiger partial charge < -0.3 is 19.8 Å². The van der Waals surface area contributed by atoms with Gasteiger partial charge in [-0.05, 0) is 43.7 Å². The molecule has 0 bridgehead atoms. The molecule has 1 aromatic heterocycles. The Balaban J connectivity index is 1.58. The monoisotopic (exact) mass is 406 g/mol. The summed E-state index contributed by atoms with van der Waals surface area (Å²) in [4.78, 5) is 20.8. The van der Waals surface area contributed by atoms with Crippen molar-refractivity contribution < 1.29 is 13.9 Å². The van der Waals surface area contributed by atoms with Gasteiger partial charge in [-0.3, -0.25) is 0 Å². The zero-order valence-corrected chi connectivity index (χ0v) is 17.2. The third kappa shape index (κ3) is 5.94. The fourth-order valence-corrected chi connectivity index (χ4v) is 2.75. The number of aliphatic imine (C=N–C) groups is 1. The highest BCUT2D eigenvalue weighted by Crippen LogP contribution is 2.17. The highest BCUT2D eigenvalue weighted by molar-refractivity contribution is 5.89. The first-order valence-electron chi connectivity index (χ1n) is 9.97. The normalized spacial score (nSPS) is 11.2. The van der Waals surface area contributed by atoms with Crippen LogP contribution < -0.4 is 10.6 Å². The average molecular weight is 406 g/mol. The zero-order chi connectivity index (χ0) is 21.2. The number of hydrogen-bond donors (Lipinski definition) is 2. The maximum atomic E-state index is 11.7. The van der Waals surface area contributed by atoms with E-state index in [9.17, 15) is 4.79 Å². The Morgan fingerprint density at radius 3 is 2.53 bits per heavy atom. The molecule has 156 valence electrons. The van der Waals surface area contributed by atoms with Crippen molar-refractivity contribution in [2.45, 2.75) is 26.9 Å². The third-order valence-electron chi connectivity index (χ3n) is 4.24. The summed E-state index contributed by atoms with van der Waals surface area (Å²) in [6.07, 6.45) is 1.65. The van der Waals surface area contributed by atoms with E-state index in [2.05, 4.69) is 20.6 Å². The molecule has 0 fully saturated rings. The van der Waals surface area contributed by atoms with Gasteiger partial charge >= 0.3 is 5.97 Å². The van der Waals surface area contributed by atoms with Crippen LogP contribution in [0.25, 0.3) is 11.5 Å². The van der Waals surface area contributed by atoms with Gasteiger partial charge in [0.05, 0.1) is 31.0 Å². The van der Waals surface area contributed by atoms with Crippen LogP contribution in [0.5, 0.6) is 0 Å². The van der Waals surface area contributed by atoms with Crippen LogP contribution in [0.15, 0.2) is 70.3 Å². The van der Waals surface area contributed by atoms with Crippen molar-refractivity contribution in [3.05, 3.63) is 77.7 Å². The Kier molecular flexibility index (Phi) is 7.60. The SMILES string of the molecule is CCNC(=NCc1ccc(C(=O)OCC)cc1)NCc1coc(-c2ccccc2)n1. The second kappa shape index (κ2) is 10.8. The number of carbonyl (C=O) groups excluding carboxylic acids is 1. The van der Waals surface area contributed by atoms with Crippen LogP contribution in [-0.2, 0) is 17.8 Å². The topological polar surface area (TPSA) is 88.8 Å². The van der Waals surface area contributed by atoms with Crippen molar-refractivity contribution in [1.29, 1.82) is 0 Å². The standard InChI is InChI=1S/C23H26N4O3/c1-3-24-23(25-14-17-10-12-19(13-11-17)22(28)29-4-2)26-15-20-16-30-21(27-20)18-8-6-5-7-9-18/h5-13,16H,3-4,14-15H2,1-2H3,(H2,24,25,26). The van der Waals surface area contributed by atoms with Crippen LogP contribution >= 0.6 is 0 Å². The minimum absolute atomic E-state index is 0.315. The lowest BCUT2D eigenvalue weighted by molar-refractivity contribution is 0.0526. The molecular formula is C23H26N4O3. The van der Waals surface area contributed by atoms with E-state index < -0.39 is 0 Å². The summed E-state index contributed by atoms with van der Waals surface area (Å²) >= 11 is 0. The highest BCUT2D eigenvalue weighted by atomic mass is 16.5. The maximum Gasteiger partial charge on any atom is 0.338 e. The molecule has 1 heterocycles. The van der Waals surface area contributed by atoms with Crippen molar-refractivity contribution in [2.24, 2.45) is 4.99 Å². The summed E-state index contributed by atoms with van der Waals surface area (Å²) in [6, 6.07) is 17.0. The summed E-state index contributed by atoms with van der Waals surface area (Å²) in [5.41, 5.74) is 3.26. The van der Waals surface area contributed by atoms with Crippen LogP contribution in [0.2, 0.25) is 0 Å². The Morgan fingerprint density at radius 2 is 1.83 bits per heavy atom. The second-order valence-electron chi connectivity index (χ2n) is 6.48. The third-order valence-corrected chi connectivity index (χ3v) is 4.24. The molecule has 0 saturated carbocycles. The van der Waals surface area contributed by atoms with E-state index in [1.165, 1.54) is 0 Å². The van der Waals surface area contributed by atoms with E-state index in [0.29, 0.717) is 37.1 Å². The molecule has 2 aromatic carbocycles. The van der Waals surface area contributed by atoms with Gasteiger partial charge in [-0.1, -0.05) is 30.3 Å². The second-order valence-corrected chi connectivity index (χ2v) is 6.48. The number of aromatic nitrogens is 1. The fraction of sp³-hybridized carbons (Fsp3) is 0.261. The van der Waals surface area contributed by atoms with Gasteiger partial charge in [0.1, 0.15) is 6.26 Å². The van der Waals surface area contributed by atoms with Crippen LogP contribution in [-0.4, -0.2) is 30.1 Å². The summed E-state index contributed by atoms with van der Waals surface area (Å²) in [5, 5.41) is 6.47. The van der Waals surface area contributed by atoms with Gasteiger partial charge in [-0.2, -0.15) is 0 Å². The predicted molar refractivity (Wildman–Crippen MR) is 116 cm³/mol. The lowest BCUT2D eigenvalue weighted by atomic mass is 10.1. The maximum absolute atomic E-state index is 11.7. The van der Waals surface area contributed by atoms with Crippen molar-refractivity contribution in [3.8, 4) is 11.5 Å². The number of nitrogens with one attached hydrogen (secondary N) is 2. The van der Waals surface area contributed by atoms with Gasteiger partial charge in [0, 0.05) is 12.1 Å². The first kappa shape index (κ1) is 21.1. The number of oxazole rings is 1. The molecule has 0 aliphatic carbocycles. The Bertz CT molecular complexity index is 966. The lowest BCUT2D eigenvalue weighted by Crippen LogP contribution is -2.36. The molecule has 7 heteroatoms. The summed E-state index contributed by atoms with van der Waals surface area (Å²) in [6.45, 7) is 5.87. The minimum Gasteiger partial charge on any atom is -0.462 e. The number of nitrogens with zero attached hydrogens (tertiary/aromatic N) is 2. The zero-order valence-electron chi connectivity index (χ0n) is 17.2. The van der Waals surface area contributed by atoms with Crippen LogP contribution in [0.4, 0.5) is 0 Å². The smallest absolute Gasteiger partial charge is 0.338 e. The van der Waals surface area contributed by atoms with Gasteiger partial charge in [0.25, 0.3) is 0 Å². The average Bonchev–Trinajstić information content (AvgIpc) is 3.26. The number of rotatable bonds is 8. The van der Waals surface area contributed by atoms with Crippen molar-refractivity contribution >= 4 is 11.9 Å². The molecule has 0 saturated heterocycles. The van der Waals surface area contributed by atoms with Crippen molar-refractivity contribution in [1.82, 2.24) is 15.6 Å². The molecule has 7 nitrogen and oxygen atoms in total. The van der Waals surface area contributed by atoms with E-state index in [4.69, 9.17) is 9.15 Å². The fourth-order valence-electron chi connectivity index (χ4n) is 2.75. The minimum atomic E-state index is -0.315. The van der Waals surface area contributed by atoms with Crippen LogP contribution in [0.1, 0.15) is 35.5 Å². The number of benzene rings is 2. The molecule has 30 heavy (non-hydrogen) atoms. The molecular weight excluding hydrogens is 380 g/mol. The van der Waals surface area contributed by atoms with Gasteiger partial charge in [-0.25, -0.2) is 14.8 Å². The van der Waals surface area contributed by atoms with Crippen molar-refractivity contribution in [3.63, 3.8) is 0 Å². The van der Waals surface area contributed by atoms with Gasteiger partial charge in [0.15, 0.2) is 5.96 Å². The van der Waals surface area contributed by atoms with E-state index >= 15 is 0 Å². The first-order chi connectivity index (χ1) is 14.7. The number of guanidine groups is 1. The van der Waals surface area contributed by atoms with Gasteiger partial charge in [0.2, 0.25) is 5.89 Å². The molecule has 0 aliphatic heterocycles. The quantitative estimate of drug-likeness (QED) is 0.336. The Labute approximate surface area is 176 Å². The van der Waals surface area contributed by atoms with E-state index in [-0.39, 0.29) is 5.97 Å². The summed E-state index contributed by atoms with van der Waals surface area (Å²) in [5.74, 6) is 0.956. The molecule has 0 amide bonds. The molecule has 0 radical (unpaired) electrons. The number of hydrogen-bond acceptors (Lipinski definition) is 5. The van der Waals surface area contributed by atoms with Crippen molar-refractivity contribution in [2.75, 3.05) is 13.2 Å². The number of carbonyl (C=O) groups is 1. The Hall–Kier alpha value is -3.61. The molecule has 0 spiro atoms. The van der Waals surface area contributed by atoms with Gasteiger partial charge in [-0.15, -0.1) is 0 Å². The van der Waals surface area contributed by atoms with E-state index in [1.54, 1.807) is 25.3 Å². The molecule has 0 aliphatic rings. The van der Waals surface area contributed by atoms with E-state index in [0.717, 1.165) is 23.4 Å². The largest absolute Gasteiger partial charge is 0.462 e. The predicted octanol–water partition coefficient (Wildman–Crippen LogP) is 3.77.